The Morgan fingerprint density at radius 1 is 1.67 bits per heavy atom. The van der Waals surface area contributed by atoms with E-state index < -0.39 is 12.0 Å². The average molecular weight is 205 g/mol. The first-order valence-corrected chi connectivity index (χ1v) is 4.60. The number of hydrogen-bond donors (Lipinski definition) is 1. The number of pyridine rings is 1. The molecule has 2 aromatic heterocycles. The van der Waals surface area contributed by atoms with Gasteiger partial charge < -0.3 is 9.67 Å². The molecule has 4 nitrogen and oxygen atoms in total. The molecule has 2 rings (SSSR count). The van der Waals surface area contributed by atoms with E-state index in [2.05, 4.69) is 4.98 Å². The molecule has 0 aliphatic carbocycles. The van der Waals surface area contributed by atoms with E-state index in [0.717, 1.165) is 5.39 Å². The average Bonchev–Trinajstić information content (AvgIpc) is 2.58. The van der Waals surface area contributed by atoms with Gasteiger partial charge >= 0.3 is 5.97 Å². The van der Waals surface area contributed by atoms with Crippen LogP contribution < -0.4 is 0 Å². The molecule has 15 heavy (non-hydrogen) atoms. The number of nitrogens with zero attached hydrogens (tertiary/aromatic N) is 2. The first kappa shape index (κ1) is 8.47. The second-order valence-corrected chi connectivity index (χ2v) is 3.57. The second-order valence-electron chi connectivity index (χ2n) is 3.57. The molecule has 4 heteroatoms. The quantitative estimate of drug-likeness (QED) is 0.818. The van der Waals surface area contributed by atoms with Gasteiger partial charge in [0.25, 0.3) is 0 Å². The zero-order valence-electron chi connectivity index (χ0n) is 9.56. The summed E-state index contributed by atoms with van der Waals surface area (Å²) in [6.07, 6.45) is 3.06. The largest absolute Gasteiger partial charge is 0.478 e. The Balaban J connectivity index is 2.64. The molecule has 0 aromatic carbocycles. The maximum absolute atomic E-state index is 10.8. The topological polar surface area (TPSA) is 55.1 Å². The van der Waals surface area contributed by atoms with Gasteiger partial charge in [-0.3, -0.25) is 0 Å². The van der Waals surface area contributed by atoms with E-state index in [9.17, 15) is 4.79 Å². The highest BCUT2D eigenvalue weighted by atomic mass is 16.4. The molecule has 0 unspecified atom stereocenters. The molecular weight excluding hydrogens is 192 g/mol. The molecule has 0 radical (unpaired) electrons. The molecule has 0 bridgehead atoms. The maximum atomic E-state index is 10.8. The van der Waals surface area contributed by atoms with Crippen molar-refractivity contribution in [3.8, 4) is 0 Å². The lowest BCUT2D eigenvalue weighted by molar-refractivity contribution is 0.0696. The first-order valence-electron chi connectivity index (χ1n) is 5.10. The SMILES string of the molecule is [2H]C(C)(C)n1ccc2cc(C(=O)O)cnc21. The van der Waals surface area contributed by atoms with Gasteiger partial charge in [0.2, 0.25) is 0 Å². The number of rotatable bonds is 2. The molecule has 1 N–H and O–H groups in total. The summed E-state index contributed by atoms with van der Waals surface area (Å²) in [5, 5.41) is 9.56. The first-order chi connectivity index (χ1) is 7.39. The summed E-state index contributed by atoms with van der Waals surface area (Å²) in [5.74, 6) is -0.993. The standard InChI is InChI=1S/C11H12N2O2/c1-7(2)13-4-3-8-5-9(11(14)15)6-12-10(8)13/h3-7H,1-2H3,(H,14,15)/i7D. The Kier molecular flexibility index (Phi) is 1.91. The third kappa shape index (κ3) is 1.58. The van der Waals surface area contributed by atoms with Gasteiger partial charge in [-0.2, -0.15) is 0 Å². The van der Waals surface area contributed by atoms with E-state index in [1.54, 1.807) is 36.7 Å². The number of fused-ring (bicyclic) bond motifs is 1. The van der Waals surface area contributed by atoms with Gasteiger partial charge in [0.15, 0.2) is 0 Å². The van der Waals surface area contributed by atoms with Crippen molar-refractivity contribution in [2.45, 2.75) is 19.9 Å². The molecule has 0 spiro atoms. The van der Waals surface area contributed by atoms with Gasteiger partial charge in [-0.1, -0.05) is 0 Å². The van der Waals surface area contributed by atoms with Crippen molar-refractivity contribution in [1.29, 1.82) is 0 Å². The molecule has 2 aromatic rings. The summed E-state index contributed by atoms with van der Waals surface area (Å²) in [6, 6.07) is 2.53. The highest BCUT2D eigenvalue weighted by Crippen LogP contribution is 2.18. The van der Waals surface area contributed by atoms with Crippen molar-refractivity contribution in [2.75, 3.05) is 0 Å². The zero-order valence-corrected chi connectivity index (χ0v) is 8.56. The number of carbonyl (C=O) groups is 1. The number of carboxylic acid groups (broad SMARTS) is 1. The van der Waals surface area contributed by atoms with Crippen LogP contribution in [0.25, 0.3) is 11.0 Å². The lowest BCUT2D eigenvalue weighted by Crippen LogP contribution is -2.01. The van der Waals surface area contributed by atoms with Crippen LogP contribution in [0, 0.1) is 0 Å². The highest BCUT2D eigenvalue weighted by Gasteiger charge is 2.08. The summed E-state index contributed by atoms with van der Waals surface area (Å²) in [6.45, 7) is 3.50. The van der Waals surface area contributed by atoms with Crippen LogP contribution >= 0.6 is 0 Å². The minimum atomic E-state index is -0.993. The summed E-state index contributed by atoms with van der Waals surface area (Å²) in [5.41, 5.74) is 0.790. The fourth-order valence-corrected chi connectivity index (χ4v) is 1.50. The van der Waals surface area contributed by atoms with Gasteiger partial charge in [-0.05, 0) is 26.0 Å². The summed E-state index contributed by atoms with van der Waals surface area (Å²) < 4.78 is 9.62. The number of aromatic carboxylic acids is 1. The third-order valence-corrected chi connectivity index (χ3v) is 2.26. The highest BCUT2D eigenvalue weighted by molar-refractivity contribution is 5.91. The second kappa shape index (κ2) is 3.38. The smallest absolute Gasteiger partial charge is 0.337 e. The number of aromatic nitrogens is 2. The monoisotopic (exact) mass is 205 g/mol. The van der Waals surface area contributed by atoms with E-state index in [0.29, 0.717) is 5.65 Å². The minimum absolute atomic E-state index is 0.160. The van der Waals surface area contributed by atoms with Gasteiger partial charge in [0.1, 0.15) is 5.65 Å². The summed E-state index contributed by atoms with van der Waals surface area (Å²) >= 11 is 0. The number of hydrogen-bond acceptors (Lipinski definition) is 2. The third-order valence-electron chi connectivity index (χ3n) is 2.26. The Bertz CT molecular complexity index is 555. The molecule has 0 amide bonds. The molecule has 0 fully saturated rings. The summed E-state index contributed by atoms with van der Waals surface area (Å²) in [7, 11) is 0. The lowest BCUT2D eigenvalue weighted by atomic mass is 10.2. The molecule has 0 saturated carbocycles. The van der Waals surface area contributed by atoms with E-state index in [1.165, 1.54) is 6.20 Å². The van der Waals surface area contributed by atoms with E-state index in [-0.39, 0.29) is 5.56 Å². The Morgan fingerprint density at radius 2 is 2.40 bits per heavy atom. The van der Waals surface area contributed by atoms with Crippen molar-refractivity contribution in [2.24, 2.45) is 0 Å². The molecule has 0 aliphatic rings. The molecular formula is C11H12N2O2. The van der Waals surface area contributed by atoms with Crippen molar-refractivity contribution in [1.82, 2.24) is 9.55 Å². The fourth-order valence-electron chi connectivity index (χ4n) is 1.50. The minimum Gasteiger partial charge on any atom is -0.478 e. The molecule has 78 valence electrons. The van der Waals surface area contributed by atoms with E-state index in [1.807, 2.05) is 0 Å². The zero-order chi connectivity index (χ0) is 11.9. The molecule has 0 aliphatic heterocycles. The Morgan fingerprint density at radius 3 is 3.00 bits per heavy atom. The normalized spacial score (nSPS) is 12.8. The van der Waals surface area contributed by atoms with Crippen molar-refractivity contribution in [3.05, 3.63) is 30.1 Å². The molecule has 0 atom stereocenters. The Hall–Kier alpha value is -1.84. The maximum Gasteiger partial charge on any atom is 0.337 e. The van der Waals surface area contributed by atoms with Gasteiger partial charge in [0, 0.05) is 23.8 Å². The Labute approximate surface area is 88.6 Å². The fraction of sp³-hybridized carbons (Fsp3) is 0.273. The molecule has 2 heterocycles. The van der Waals surface area contributed by atoms with Crippen LogP contribution in [-0.2, 0) is 0 Å². The van der Waals surface area contributed by atoms with Crippen LogP contribution in [-0.4, -0.2) is 20.6 Å². The van der Waals surface area contributed by atoms with Crippen molar-refractivity contribution in [3.63, 3.8) is 0 Å². The molecule has 0 saturated heterocycles. The van der Waals surface area contributed by atoms with Gasteiger partial charge in [0.05, 0.1) is 6.93 Å². The van der Waals surface area contributed by atoms with Crippen LogP contribution in [0.4, 0.5) is 0 Å². The van der Waals surface area contributed by atoms with E-state index >= 15 is 0 Å². The van der Waals surface area contributed by atoms with Crippen molar-refractivity contribution < 1.29 is 11.3 Å². The van der Waals surface area contributed by atoms with Crippen LogP contribution in [0.2, 0.25) is 0 Å². The van der Waals surface area contributed by atoms with E-state index in [4.69, 9.17) is 6.48 Å². The number of carboxylic acids is 1. The van der Waals surface area contributed by atoms with Crippen LogP contribution in [0.15, 0.2) is 24.5 Å². The summed E-state index contributed by atoms with van der Waals surface area (Å²) in [4.78, 5) is 14.9. The lowest BCUT2D eigenvalue weighted by Gasteiger charge is -2.07. The van der Waals surface area contributed by atoms with Crippen LogP contribution in [0.5, 0.6) is 0 Å². The van der Waals surface area contributed by atoms with Crippen LogP contribution in [0.1, 0.15) is 31.6 Å². The predicted octanol–water partition coefficient (Wildman–Crippen LogP) is 2.32. The predicted molar refractivity (Wildman–Crippen MR) is 57.1 cm³/mol. The van der Waals surface area contributed by atoms with Crippen LogP contribution in [0.3, 0.4) is 0 Å². The van der Waals surface area contributed by atoms with Crippen molar-refractivity contribution >= 4 is 17.0 Å². The van der Waals surface area contributed by atoms with Gasteiger partial charge in [-0.15, -0.1) is 0 Å². The van der Waals surface area contributed by atoms with Gasteiger partial charge in [-0.25, -0.2) is 9.78 Å².